The Morgan fingerprint density at radius 2 is 1.91 bits per heavy atom. The van der Waals surface area contributed by atoms with E-state index < -0.39 is 5.82 Å². The van der Waals surface area contributed by atoms with Crippen LogP contribution < -0.4 is 15.4 Å². The number of rotatable bonds is 4. The maximum atomic E-state index is 14.2. The Hall–Kier alpha value is -3.30. The number of ether oxygens (including phenoxy) is 1. The quantitative estimate of drug-likeness (QED) is 0.666. The van der Waals surface area contributed by atoms with Gasteiger partial charge in [0.2, 0.25) is 5.95 Å². The lowest BCUT2D eigenvalue weighted by molar-refractivity contribution is 0.0390. The molecule has 5 rings (SSSR count). The van der Waals surface area contributed by atoms with E-state index in [-0.39, 0.29) is 29.0 Å². The van der Waals surface area contributed by atoms with Crippen molar-refractivity contribution in [3.05, 3.63) is 70.5 Å². The second-order valence-electron chi connectivity index (χ2n) is 8.15. The summed E-state index contributed by atoms with van der Waals surface area (Å²) in [5, 5.41) is 9.50. The average molecular weight is 437 g/mol. The van der Waals surface area contributed by atoms with E-state index in [0.29, 0.717) is 38.7 Å². The average Bonchev–Trinajstić information content (AvgIpc) is 2.79. The minimum atomic E-state index is -0.520. The van der Waals surface area contributed by atoms with Crippen LogP contribution in [0.2, 0.25) is 0 Å². The molecule has 2 fully saturated rings. The zero-order valence-electron chi connectivity index (χ0n) is 17.7. The third-order valence-electron chi connectivity index (χ3n) is 6.00. The Morgan fingerprint density at radius 1 is 1.12 bits per heavy atom. The molecule has 4 heterocycles. The summed E-state index contributed by atoms with van der Waals surface area (Å²) in [5.74, 6) is -0.0444. The first-order chi connectivity index (χ1) is 15.5. The second-order valence-corrected chi connectivity index (χ2v) is 8.15. The van der Waals surface area contributed by atoms with Crippen molar-refractivity contribution < 1.29 is 14.2 Å². The van der Waals surface area contributed by atoms with E-state index in [0.717, 1.165) is 17.4 Å². The predicted octanol–water partition coefficient (Wildman–Crippen LogP) is 1.74. The van der Waals surface area contributed by atoms with Gasteiger partial charge in [0.25, 0.3) is 5.56 Å². The van der Waals surface area contributed by atoms with Crippen LogP contribution in [0, 0.1) is 5.82 Å². The van der Waals surface area contributed by atoms with Crippen molar-refractivity contribution in [2.45, 2.75) is 12.2 Å². The Kier molecular flexibility index (Phi) is 5.36. The van der Waals surface area contributed by atoms with Gasteiger partial charge < -0.3 is 19.6 Å². The molecule has 0 radical (unpaired) electrons. The molecule has 0 unspecified atom stereocenters. The van der Waals surface area contributed by atoms with Crippen molar-refractivity contribution in [3.8, 4) is 11.3 Å². The van der Waals surface area contributed by atoms with Crippen LogP contribution in [0.1, 0.15) is 11.7 Å². The molecular formula is C23H24FN5O3. The molecule has 2 saturated heterocycles. The minimum Gasteiger partial charge on any atom is -0.389 e. The van der Waals surface area contributed by atoms with Crippen LogP contribution in [0.4, 0.5) is 16.0 Å². The maximum absolute atomic E-state index is 14.2. The minimum absolute atomic E-state index is 0.182. The number of benzene rings is 1. The number of hydrogen-bond acceptors (Lipinski definition) is 7. The molecule has 32 heavy (non-hydrogen) atoms. The first-order valence-electron chi connectivity index (χ1n) is 10.6. The second kappa shape index (κ2) is 8.33. The fraction of sp³-hybridized carbons (Fsp3) is 0.348. The van der Waals surface area contributed by atoms with Gasteiger partial charge in [0.1, 0.15) is 6.10 Å². The number of aliphatic hydroxyl groups is 1. The maximum Gasteiger partial charge on any atom is 0.255 e. The van der Waals surface area contributed by atoms with E-state index in [1.807, 2.05) is 29.2 Å². The molecule has 166 valence electrons. The summed E-state index contributed by atoms with van der Waals surface area (Å²) < 4.78 is 21.7. The molecule has 8 nitrogen and oxygen atoms in total. The van der Waals surface area contributed by atoms with Crippen molar-refractivity contribution in [2.75, 3.05) is 42.6 Å². The molecular weight excluding hydrogens is 413 g/mol. The Morgan fingerprint density at radius 3 is 2.62 bits per heavy atom. The Balaban J connectivity index is 1.39. The van der Waals surface area contributed by atoms with Crippen molar-refractivity contribution in [3.63, 3.8) is 0 Å². The molecule has 2 aliphatic rings. The monoisotopic (exact) mass is 437 g/mol. The van der Waals surface area contributed by atoms with Crippen molar-refractivity contribution in [1.82, 2.24) is 14.5 Å². The van der Waals surface area contributed by atoms with Crippen molar-refractivity contribution in [2.24, 2.45) is 7.05 Å². The lowest BCUT2D eigenvalue weighted by Gasteiger charge is -2.38. The summed E-state index contributed by atoms with van der Waals surface area (Å²) in [4.78, 5) is 25.1. The van der Waals surface area contributed by atoms with Gasteiger partial charge >= 0.3 is 0 Å². The third-order valence-corrected chi connectivity index (χ3v) is 6.00. The molecule has 9 heteroatoms. The summed E-state index contributed by atoms with van der Waals surface area (Å²) in [5.41, 5.74) is 2.37. The zero-order valence-corrected chi connectivity index (χ0v) is 17.7. The predicted molar refractivity (Wildman–Crippen MR) is 118 cm³/mol. The number of nitrogens with zero attached hydrogens (tertiary/aromatic N) is 5. The highest BCUT2D eigenvalue weighted by Crippen LogP contribution is 2.29. The van der Waals surface area contributed by atoms with Crippen LogP contribution in [0.25, 0.3) is 11.3 Å². The van der Waals surface area contributed by atoms with E-state index in [1.54, 1.807) is 7.05 Å². The summed E-state index contributed by atoms with van der Waals surface area (Å²) in [6, 6.07) is 11.0. The van der Waals surface area contributed by atoms with Crippen LogP contribution in [0.15, 0.2) is 53.6 Å². The van der Waals surface area contributed by atoms with E-state index in [2.05, 4.69) is 14.9 Å². The smallest absolute Gasteiger partial charge is 0.255 e. The van der Waals surface area contributed by atoms with Gasteiger partial charge in [0, 0.05) is 50.2 Å². The van der Waals surface area contributed by atoms with Gasteiger partial charge in [-0.25, -0.2) is 9.37 Å². The molecule has 0 saturated carbocycles. The standard InChI is InChI=1S/C23H24FN5O3/c1-27-22(31)10-20(18-6-7-25-11-19(18)24)26-23(27)28-8-9-32-21(14-28)15-2-4-16(5-3-15)29-12-17(30)13-29/h2-7,10-11,17,21,30H,8-9,12-14H2,1H3/t21-/m1/s1. The largest absolute Gasteiger partial charge is 0.389 e. The normalized spacial score (nSPS) is 19.2. The Labute approximate surface area is 184 Å². The van der Waals surface area contributed by atoms with Gasteiger partial charge in [-0.3, -0.25) is 14.3 Å². The van der Waals surface area contributed by atoms with E-state index in [4.69, 9.17) is 4.74 Å². The lowest BCUT2D eigenvalue weighted by Crippen LogP contribution is -2.50. The number of β-amino-alcohol motifs (C(OH)–C–C–N with tert-alkyl or cyclic N) is 1. The summed E-state index contributed by atoms with van der Waals surface area (Å²) in [6.45, 7) is 2.88. The van der Waals surface area contributed by atoms with E-state index in [1.165, 1.54) is 22.9 Å². The first kappa shape index (κ1) is 20.6. The van der Waals surface area contributed by atoms with Gasteiger partial charge in [0.15, 0.2) is 5.82 Å². The molecule has 0 aliphatic carbocycles. The number of anilines is 2. The van der Waals surface area contributed by atoms with Crippen LogP contribution in [0.5, 0.6) is 0 Å². The van der Waals surface area contributed by atoms with Gasteiger partial charge in [-0.05, 0) is 23.8 Å². The summed E-state index contributed by atoms with van der Waals surface area (Å²) in [7, 11) is 1.66. The van der Waals surface area contributed by atoms with Crippen LogP contribution in [-0.2, 0) is 11.8 Å². The Bertz CT molecular complexity index is 1180. The molecule has 0 spiro atoms. The molecule has 2 aromatic heterocycles. The van der Waals surface area contributed by atoms with E-state index >= 15 is 0 Å². The van der Waals surface area contributed by atoms with Gasteiger partial charge in [-0.2, -0.15) is 0 Å². The number of hydrogen-bond donors (Lipinski definition) is 1. The van der Waals surface area contributed by atoms with Crippen LogP contribution >= 0.6 is 0 Å². The molecule has 1 aromatic carbocycles. The highest BCUT2D eigenvalue weighted by molar-refractivity contribution is 5.60. The summed E-state index contributed by atoms with van der Waals surface area (Å²) in [6.07, 6.45) is 2.16. The third kappa shape index (κ3) is 3.85. The zero-order chi connectivity index (χ0) is 22.2. The molecule has 1 N–H and O–H groups in total. The number of aliphatic hydroxyl groups excluding tert-OH is 1. The van der Waals surface area contributed by atoms with Crippen molar-refractivity contribution in [1.29, 1.82) is 0 Å². The number of halogens is 1. The summed E-state index contributed by atoms with van der Waals surface area (Å²) >= 11 is 0. The number of pyridine rings is 1. The van der Waals surface area contributed by atoms with Gasteiger partial charge in [0.05, 0.1) is 31.1 Å². The van der Waals surface area contributed by atoms with Crippen LogP contribution in [-0.4, -0.2) is 58.5 Å². The fourth-order valence-corrected chi connectivity index (χ4v) is 4.13. The number of aromatic nitrogens is 3. The fourth-order valence-electron chi connectivity index (χ4n) is 4.13. The molecule has 0 bridgehead atoms. The van der Waals surface area contributed by atoms with Crippen LogP contribution in [0.3, 0.4) is 0 Å². The topological polar surface area (TPSA) is 83.7 Å². The van der Waals surface area contributed by atoms with Gasteiger partial charge in [-0.1, -0.05) is 12.1 Å². The highest BCUT2D eigenvalue weighted by atomic mass is 19.1. The highest BCUT2D eigenvalue weighted by Gasteiger charge is 2.27. The first-order valence-corrected chi connectivity index (χ1v) is 10.6. The molecule has 0 amide bonds. The van der Waals surface area contributed by atoms with Gasteiger partial charge in [-0.15, -0.1) is 0 Å². The van der Waals surface area contributed by atoms with E-state index in [9.17, 15) is 14.3 Å². The molecule has 1 atom stereocenters. The SMILES string of the molecule is Cn1c(N2CCO[C@@H](c3ccc(N4CC(O)C4)cc3)C2)nc(-c2ccncc2F)cc1=O. The van der Waals surface area contributed by atoms with Crippen molar-refractivity contribution >= 4 is 11.6 Å². The lowest BCUT2D eigenvalue weighted by atomic mass is 10.1. The molecule has 2 aliphatic heterocycles. The molecule has 3 aromatic rings. The number of morpholine rings is 1.